The van der Waals surface area contributed by atoms with Crippen LogP contribution in [-0.2, 0) is 16.1 Å². The summed E-state index contributed by atoms with van der Waals surface area (Å²) < 4.78 is 0. The van der Waals surface area contributed by atoms with Gasteiger partial charge in [0.15, 0.2) is 6.10 Å². The van der Waals surface area contributed by atoms with E-state index in [0.29, 0.717) is 0 Å². The molecule has 0 aromatic heterocycles. The van der Waals surface area contributed by atoms with Crippen molar-refractivity contribution >= 4 is 23.6 Å². The molecule has 3 atom stereocenters. The molecule has 32 heavy (non-hydrogen) atoms. The fourth-order valence-electron chi connectivity index (χ4n) is 4.18. The molecule has 2 heterocycles. The Bertz CT molecular complexity index is 1060. The molecule has 0 bridgehead atoms. The van der Waals surface area contributed by atoms with E-state index < -0.39 is 47.4 Å². The van der Waals surface area contributed by atoms with Crippen molar-refractivity contribution in [2.45, 2.75) is 51.0 Å². The molecule has 8 nitrogen and oxygen atoms in total. The molecular formula is C24H25N3O5. The van der Waals surface area contributed by atoms with Crippen LogP contribution in [0.25, 0.3) is 0 Å². The zero-order valence-corrected chi connectivity index (χ0v) is 18.1. The first-order chi connectivity index (χ1) is 15.1. The van der Waals surface area contributed by atoms with Crippen LogP contribution in [0, 0.1) is 0 Å². The van der Waals surface area contributed by atoms with E-state index in [1.54, 1.807) is 32.9 Å². The second-order valence-electron chi connectivity index (χ2n) is 9.10. The zero-order valence-electron chi connectivity index (χ0n) is 18.1. The molecule has 2 aromatic carbocycles. The number of β-lactam (4-membered cyclic amide) rings is 1. The molecule has 0 saturated carbocycles. The molecule has 0 unspecified atom stereocenters. The van der Waals surface area contributed by atoms with Gasteiger partial charge in [0, 0.05) is 12.1 Å². The Hall–Kier alpha value is -3.52. The lowest BCUT2D eigenvalue weighted by Crippen LogP contribution is -2.76. The van der Waals surface area contributed by atoms with Crippen molar-refractivity contribution in [3.8, 4) is 0 Å². The molecular weight excluding hydrogens is 410 g/mol. The van der Waals surface area contributed by atoms with Crippen molar-refractivity contribution in [2.75, 3.05) is 0 Å². The van der Waals surface area contributed by atoms with Gasteiger partial charge in [0.2, 0.25) is 5.91 Å². The summed E-state index contributed by atoms with van der Waals surface area (Å²) in [4.78, 5) is 54.1. The number of carbonyl (C=O) groups is 4. The van der Waals surface area contributed by atoms with Crippen LogP contribution in [0.5, 0.6) is 0 Å². The standard InChI is InChI=1S/C24H25N3O5/c1-24(2,3)25-20(29)19(28)17-18(23(32)26(17)13-14-9-5-4-6-10-14)27-21(30)15-11-7-8-12-16(15)22(27)31/h4-12,17-19,28H,13H2,1-3H3,(H,25,29)/t17-,18-,19+/m1/s1. The number of nitrogens with zero attached hydrogens (tertiary/aromatic N) is 2. The Morgan fingerprint density at radius 3 is 2.03 bits per heavy atom. The Morgan fingerprint density at radius 1 is 0.969 bits per heavy atom. The summed E-state index contributed by atoms with van der Waals surface area (Å²) in [6.45, 7) is 5.46. The van der Waals surface area contributed by atoms with E-state index in [-0.39, 0.29) is 17.7 Å². The number of nitrogens with one attached hydrogen (secondary N) is 1. The highest BCUT2D eigenvalue weighted by Crippen LogP contribution is 2.35. The van der Waals surface area contributed by atoms with E-state index in [4.69, 9.17) is 0 Å². The normalized spacial score (nSPS) is 21.3. The highest BCUT2D eigenvalue weighted by atomic mass is 16.3. The Labute approximate surface area is 185 Å². The number of carbonyl (C=O) groups excluding carboxylic acids is 4. The lowest BCUT2D eigenvalue weighted by molar-refractivity contribution is -0.168. The molecule has 2 aromatic rings. The number of benzene rings is 2. The Kier molecular flexibility index (Phi) is 5.34. The second-order valence-corrected chi connectivity index (χ2v) is 9.10. The number of aliphatic hydroxyl groups is 1. The number of hydrogen-bond donors (Lipinski definition) is 2. The van der Waals surface area contributed by atoms with Crippen molar-refractivity contribution in [1.29, 1.82) is 0 Å². The Morgan fingerprint density at radius 2 is 1.50 bits per heavy atom. The van der Waals surface area contributed by atoms with Crippen LogP contribution in [0.1, 0.15) is 47.1 Å². The van der Waals surface area contributed by atoms with Crippen LogP contribution < -0.4 is 5.32 Å². The third kappa shape index (κ3) is 3.67. The number of hydrogen-bond acceptors (Lipinski definition) is 5. The topological polar surface area (TPSA) is 107 Å². The van der Waals surface area contributed by atoms with Crippen LogP contribution in [0.15, 0.2) is 54.6 Å². The van der Waals surface area contributed by atoms with Gasteiger partial charge in [0.05, 0.1) is 17.2 Å². The molecule has 1 saturated heterocycles. The monoisotopic (exact) mass is 435 g/mol. The molecule has 4 rings (SSSR count). The molecule has 2 N–H and O–H groups in total. The number of likely N-dealkylation sites (tertiary alicyclic amines) is 1. The smallest absolute Gasteiger partial charge is 0.262 e. The minimum Gasteiger partial charge on any atom is -0.381 e. The van der Waals surface area contributed by atoms with E-state index >= 15 is 0 Å². The molecule has 8 heteroatoms. The second kappa shape index (κ2) is 7.87. The van der Waals surface area contributed by atoms with Gasteiger partial charge in [0.25, 0.3) is 17.7 Å². The first-order valence-electron chi connectivity index (χ1n) is 10.4. The van der Waals surface area contributed by atoms with Crippen LogP contribution in [-0.4, -0.2) is 62.3 Å². The molecule has 4 amide bonds. The third-order valence-corrected chi connectivity index (χ3v) is 5.61. The van der Waals surface area contributed by atoms with Crippen molar-refractivity contribution in [1.82, 2.24) is 15.1 Å². The van der Waals surface area contributed by atoms with Crippen LogP contribution in [0.3, 0.4) is 0 Å². The van der Waals surface area contributed by atoms with Gasteiger partial charge in [0.1, 0.15) is 6.04 Å². The molecule has 2 aliphatic rings. The number of imide groups is 1. The quantitative estimate of drug-likeness (QED) is 0.545. The third-order valence-electron chi connectivity index (χ3n) is 5.61. The van der Waals surface area contributed by atoms with Gasteiger partial charge >= 0.3 is 0 Å². The highest BCUT2D eigenvalue weighted by molar-refractivity contribution is 6.23. The lowest BCUT2D eigenvalue weighted by Gasteiger charge is -2.51. The molecule has 2 aliphatic heterocycles. The van der Waals surface area contributed by atoms with E-state index in [1.165, 1.54) is 17.0 Å². The van der Waals surface area contributed by atoms with Crippen LogP contribution in [0.2, 0.25) is 0 Å². The highest BCUT2D eigenvalue weighted by Gasteiger charge is 2.59. The number of fused-ring (bicyclic) bond motifs is 1. The van der Waals surface area contributed by atoms with Gasteiger partial charge in [-0.1, -0.05) is 42.5 Å². The minimum absolute atomic E-state index is 0.143. The molecule has 0 aliphatic carbocycles. The first-order valence-corrected chi connectivity index (χ1v) is 10.4. The van der Waals surface area contributed by atoms with Crippen molar-refractivity contribution in [2.24, 2.45) is 0 Å². The van der Waals surface area contributed by atoms with Crippen LogP contribution >= 0.6 is 0 Å². The van der Waals surface area contributed by atoms with Gasteiger partial charge in [-0.05, 0) is 38.5 Å². The Balaban J connectivity index is 1.66. The fraction of sp³-hybridized carbons (Fsp3) is 0.333. The fourth-order valence-corrected chi connectivity index (χ4v) is 4.18. The van der Waals surface area contributed by atoms with Crippen molar-refractivity contribution in [3.63, 3.8) is 0 Å². The van der Waals surface area contributed by atoms with E-state index in [1.807, 2.05) is 30.3 Å². The largest absolute Gasteiger partial charge is 0.381 e. The molecule has 0 radical (unpaired) electrons. The molecule has 1 fully saturated rings. The van der Waals surface area contributed by atoms with Gasteiger partial charge in [-0.3, -0.25) is 24.1 Å². The number of amides is 4. The summed E-state index contributed by atoms with van der Waals surface area (Å²) in [5, 5.41) is 13.6. The summed E-state index contributed by atoms with van der Waals surface area (Å²) in [5.41, 5.74) is 0.606. The van der Waals surface area contributed by atoms with E-state index in [9.17, 15) is 24.3 Å². The molecule has 166 valence electrons. The SMILES string of the molecule is CC(C)(C)NC(=O)[C@@H](O)[C@H]1[C@@H](N2C(=O)c3ccccc3C2=O)C(=O)N1Cc1ccccc1. The lowest BCUT2D eigenvalue weighted by atomic mass is 9.87. The van der Waals surface area contributed by atoms with Crippen molar-refractivity contribution in [3.05, 3.63) is 71.3 Å². The van der Waals surface area contributed by atoms with Gasteiger partial charge in [-0.15, -0.1) is 0 Å². The van der Waals surface area contributed by atoms with Gasteiger partial charge < -0.3 is 15.3 Å². The maximum absolute atomic E-state index is 13.2. The predicted octanol–water partition coefficient (Wildman–Crippen LogP) is 1.34. The summed E-state index contributed by atoms with van der Waals surface area (Å²) in [6.07, 6.45) is -1.62. The number of aliphatic hydroxyl groups excluding tert-OH is 1. The van der Waals surface area contributed by atoms with Gasteiger partial charge in [-0.25, -0.2) is 0 Å². The van der Waals surface area contributed by atoms with E-state index in [0.717, 1.165) is 10.5 Å². The summed E-state index contributed by atoms with van der Waals surface area (Å²) in [7, 11) is 0. The van der Waals surface area contributed by atoms with Gasteiger partial charge in [-0.2, -0.15) is 0 Å². The predicted molar refractivity (Wildman–Crippen MR) is 115 cm³/mol. The summed E-state index contributed by atoms with van der Waals surface area (Å²) >= 11 is 0. The van der Waals surface area contributed by atoms with Crippen molar-refractivity contribution < 1.29 is 24.3 Å². The maximum atomic E-state index is 13.2. The average molecular weight is 435 g/mol. The number of rotatable bonds is 5. The maximum Gasteiger partial charge on any atom is 0.262 e. The zero-order chi connectivity index (χ0) is 23.2. The molecule has 0 spiro atoms. The van der Waals surface area contributed by atoms with Crippen LogP contribution in [0.4, 0.5) is 0 Å². The summed E-state index contributed by atoms with van der Waals surface area (Å²) in [5.74, 6) is -2.36. The van der Waals surface area contributed by atoms with E-state index in [2.05, 4.69) is 5.32 Å². The average Bonchev–Trinajstić information content (AvgIpc) is 2.99. The summed E-state index contributed by atoms with van der Waals surface area (Å²) in [6, 6.07) is 13.1. The first kappa shape index (κ1) is 21.7. The minimum atomic E-state index is -1.62.